The number of amides is 1. The van der Waals surface area contributed by atoms with Gasteiger partial charge in [-0.15, -0.1) is 0 Å². The summed E-state index contributed by atoms with van der Waals surface area (Å²) in [5, 5.41) is 4.44. The minimum Gasteiger partial charge on any atom is -0.398 e. The molecular weight excluding hydrogens is 276 g/mol. The van der Waals surface area contributed by atoms with E-state index in [4.69, 9.17) is 5.73 Å². The number of fused-ring (bicyclic) bond motifs is 1. The largest absolute Gasteiger partial charge is 0.398 e. The van der Waals surface area contributed by atoms with Crippen LogP contribution in [0.4, 0.5) is 11.4 Å². The third-order valence-electron chi connectivity index (χ3n) is 3.41. The molecule has 0 aliphatic carbocycles. The minimum atomic E-state index is -0.259. The second-order valence-corrected chi connectivity index (χ2v) is 5.19. The average Bonchev–Trinajstić information content (AvgIpc) is 2.47. The molecule has 5 heteroatoms. The molecule has 110 valence electrons. The quantitative estimate of drug-likeness (QED) is 0.711. The lowest BCUT2D eigenvalue weighted by atomic mass is 10.1. The molecule has 2 heterocycles. The van der Waals surface area contributed by atoms with Crippen LogP contribution in [0.5, 0.6) is 0 Å². The summed E-state index contributed by atoms with van der Waals surface area (Å²) in [5.41, 5.74) is 9.29. The molecule has 3 N–H and O–H groups in total. The Morgan fingerprint density at radius 2 is 1.91 bits per heavy atom. The molecule has 0 saturated carbocycles. The topological polar surface area (TPSA) is 80.9 Å². The second kappa shape index (κ2) is 5.44. The molecule has 0 bridgehead atoms. The van der Waals surface area contributed by atoms with Crippen LogP contribution in [-0.2, 0) is 0 Å². The van der Waals surface area contributed by atoms with Crippen LogP contribution in [0, 0.1) is 13.8 Å². The molecule has 0 aliphatic heterocycles. The Morgan fingerprint density at radius 3 is 2.68 bits per heavy atom. The Bertz CT molecular complexity index is 874. The molecule has 1 aromatic carbocycles. The van der Waals surface area contributed by atoms with E-state index in [-0.39, 0.29) is 5.91 Å². The normalized spacial score (nSPS) is 10.6. The first-order valence-corrected chi connectivity index (χ1v) is 6.94. The van der Waals surface area contributed by atoms with E-state index in [0.29, 0.717) is 17.1 Å². The number of rotatable bonds is 2. The monoisotopic (exact) mass is 292 g/mol. The predicted octanol–water partition coefficient (Wildman–Crippen LogP) is 3.08. The lowest BCUT2D eigenvalue weighted by molar-refractivity contribution is 0.102. The van der Waals surface area contributed by atoms with E-state index in [1.54, 1.807) is 12.3 Å². The highest BCUT2D eigenvalue weighted by atomic mass is 16.1. The minimum absolute atomic E-state index is 0.259. The summed E-state index contributed by atoms with van der Waals surface area (Å²) in [6.07, 6.45) is 1.66. The van der Waals surface area contributed by atoms with Crippen LogP contribution >= 0.6 is 0 Å². The van der Waals surface area contributed by atoms with Crippen LogP contribution in [0.1, 0.15) is 21.9 Å². The van der Waals surface area contributed by atoms with E-state index in [1.807, 2.05) is 44.2 Å². The number of carbonyl (C=O) groups is 1. The smallest absolute Gasteiger partial charge is 0.274 e. The summed E-state index contributed by atoms with van der Waals surface area (Å²) < 4.78 is 0. The van der Waals surface area contributed by atoms with Gasteiger partial charge in [0.15, 0.2) is 0 Å². The maximum Gasteiger partial charge on any atom is 0.274 e. The number of carbonyl (C=O) groups excluding carboxylic acids is 1. The fraction of sp³-hybridized carbons (Fsp3) is 0.118. The first-order valence-electron chi connectivity index (χ1n) is 6.94. The van der Waals surface area contributed by atoms with Gasteiger partial charge < -0.3 is 11.1 Å². The molecule has 0 atom stereocenters. The molecule has 0 spiro atoms. The number of nitrogens with one attached hydrogen (secondary N) is 1. The van der Waals surface area contributed by atoms with Gasteiger partial charge in [-0.3, -0.25) is 9.78 Å². The molecule has 0 radical (unpaired) electrons. The van der Waals surface area contributed by atoms with Crippen LogP contribution in [-0.4, -0.2) is 15.9 Å². The maximum absolute atomic E-state index is 12.6. The van der Waals surface area contributed by atoms with Crippen LogP contribution in [0.3, 0.4) is 0 Å². The summed E-state index contributed by atoms with van der Waals surface area (Å²) in [7, 11) is 0. The van der Waals surface area contributed by atoms with Crippen molar-refractivity contribution in [1.29, 1.82) is 0 Å². The molecule has 0 aliphatic rings. The lowest BCUT2D eigenvalue weighted by Crippen LogP contribution is -2.15. The van der Waals surface area contributed by atoms with Crippen LogP contribution in [0.15, 0.2) is 42.6 Å². The maximum atomic E-state index is 12.6. The Hall–Kier alpha value is -2.95. The number of pyridine rings is 2. The zero-order chi connectivity index (χ0) is 15.7. The third kappa shape index (κ3) is 2.61. The zero-order valence-corrected chi connectivity index (χ0v) is 12.4. The number of nitrogens with zero attached hydrogens (tertiary/aromatic N) is 2. The zero-order valence-electron chi connectivity index (χ0n) is 12.4. The van der Waals surface area contributed by atoms with Gasteiger partial charge in [0.1, 0.15) is 5.69 Å². The Morgan fingerprint density at radius 1 is 1.09 bits per heavy atom. The van der Waals surface area contributed by atoms with Crippen molar-refractivity contribution in [3.63, 3.8) is 0 Å². The van der Waals surface area contributed by atoms with Crippen molar-refractivity contribution in [2.75, 3.05) is 11.1 Å². The molecule has 5 nitrogen and oxygen atoms in total. The highest BCUT2D eigenvalue weighted by Crippen LogP contribution is 2.24. The molecule has 22 heavy (non-hydrogen) atoms. The third-order valence-corrected chi connectivity index (χ3v) is 3.41. The molecule has 3 rings (SSSR count). The van der Waals surface area contributed by atoms with Gasteiger partial charge in [-0.25, -0.2) is 4.98 Å². The Balaban J connectivity index is 2.06. The number of anilines is 2. The molecule has 1 amide bonds. The van der Waals surface area contributed by atoms with Crippen LogP contribution in [0.2, 0.25) is 0 Å². The van der Waals surface area contributed by atoms with Gasteiger partial charge in [-0.1, -0.05) is 12.1 Å². The summed E-state index contributed by atoms with van der Waals surface area (Å²) in [5.74, 6) is -0.259. The van der Waals surface area contributed by atoms with Crippen molar-refractivity contribution < 1.29 is 4.79 Å². The van der Waals surface area contributed by atoms with Crippen molar-refractivity contribution >= 4 is 28.1 Å². The standard InChI is InChI=1S/C17H16N4O/c1-10-8-12(6-7-19-10)21-17(22)16-13-4-3-5-15(18)14(13)9-11(2)20-16/h3-9H,18H2,1-2H3,(H,19,21,22). The first-order chi connectivity index (χ1) is 10.5. The van der Waals surface area contributed by atoms with E-state index >= 15 is 0 Å². The van der Waals surface area contributed by atoms with Crippen molar-refractivity contribution in [2.24, 2.45) is 0 Å². The summed E-state index contributed by atoms with van der Waals surface area (Å²) in [6.45, 7) is 3.72. The molecule has 0 fully saturated rings. The Kier molecular flexibility index (Phi) is 3.47. The number of aromatic nitrogens is 2. The van der Waals surface area contributed by atoms with Crippen molar-refractivity contribution in [3.8, 4) is 0 Å². The van der Waals surface area contributed by atoms with E-state index < -0.39 is 0 Å². The van der Waals surface area contributed by atoms with Gasteiger partial charge >= 0.3 is 0 Å². The molecule has 0 saturated heterocycles. The number of benzene rings is 1. The number of hydrogen-bond donors (Lipinski definition) is 2. The molecule has 0 unspecified atom stereocenters. The van der Waals surface area contributed by atoms with E-state index in [1.165, 1.54) is 0 Å². The summed E-state index contributed by atoms with van der Waals surface area (Å²) >= 11 is 0. The lowest BCUT2D eigenvalue weighted by Gasteiger charge is -2.10. The van der Waals surface area contributed by atoms with Crippen molar-refractivity contribution in [1.82, 2.24) is 9.97 Å². The van der Waals surface area contributed by atoms with E-state index in [9.17, 15) is 4.79 Å². The van der Waals surface area contributed by atoms with Crippen molar-refractivity contribution in [2.45, 2.75) is 13.8 Å². The van der Waals surface area contributed by atoms with Crippen LogP contribution < -0.4 is 11.1 Å². The van der Waals surface area contributed by atoms with Gasteiger partial charge in [0, 0.05) is 39.7 Å². The van der Waals surface area contributed by atoms with E-state index in [2.05, 4.69) is 15.3 Å². The molecular formula is C17H16N4O. The van der Waals surface area contributed by atoms with Gasteiger partial charge in [0.2, 0.25) is 0 Å². The van der Waals surface area contributed by atoms with Crippen LogP contribution in [0.25, 0.3) is 10.8 Å². The van der Waals surface area contributed by atoms with E-state index in [0.717, 1.165) is 22.2 Å². The fourth-order valence-corrected chi connectivity index (χ4v) is 2.42. The average molecular weight is 292 g/mol. The highest BCUT2D eigenvalue weighted by Gasteiger charge is 2.14. The summed E-state index contributed by atoms with van der Waals surface area (Å²) in [6, 6.07) is 10.9. The second-order valence-electron chi connectivity index (χ2n) is 5.19. The Labute approximate surface area is 128 Å². The highest BCUT2D eigenvalue weighted by molar-refractivity contribution is 6.13. The molecule has 3 aromatic rings. The SMILES string of the molecule is Cc1cc(NC(=O)c2nc(C)cc3c(N)cccc23)ccn1. The van der Waals surface area contributed by atoms with Gasteiger partial charge in [-0.2, -0.15) is 0 Å². The van der Waals surface area contributed by atoms with Gasteiger partial charge in [-0.05, 0) is 38.1 Å². The number of nitrogen functional groups attached to an aromatic ring is 1. The van der Waals surface area contributed by atoms with Gasteiger partial charge in [0.05, 0.1) is 0 Å². The summed E-state index contributed by atoms with van der Waals surface area (Å²) in [4.78, 5) is 21.1. The predicted molar refractivity (Wildman–Crippen MR) is 87.8 cm³/mol. The number of aryl methyl sites for hydroxylation is 2. The van der Waals surface area contributed by atoms with Gasteiger partial charge in [0.25, 0.3) is 5.91 Å². The first kappa shape index (κ1) is 14.0. The number of hydrogen-bond acceptors (Lipinski definition) is 4. The fourth-order valence-electron chi connectivity index (χ4n) is 2.42. The van der Waals surface area contributed by atoms with Crippen molar-refractivity contribution in [3.05, 3.63) is 59.7 Å². The number of nitrogens with two attached hydrogens (primary N) is 1. The molecule has 2 aromatic heterocycles.